The molecule has 0 bridgehead atoms. The monoisotopic (exact) mass is 438 g/mol. The minimum absolute atomic E-state index is 0.160. The molecule has 2 atom stereocenters. The van der Waals surface area contributed by atoms with Crippen LogP contribution in [-0.2, 0) is 18.4 Å². The molecule has 1 aromatic heterocycles. The van der Waals surface area contributed by atoms with E-state index >= 15 is 0 Å². The van der Waals surface area contributed by atoms with Gasteiger partial charge in [0.05, 0.1) is 25.5 Å². The average Bonchev–Trinajstić information content (AvgIpc) is 3.32. The Hall–Kier alpha value is -3.70. The van der Waals surface area contributed by atoms with E-state index in [0.29, 0.717) is 36.5 Å². The number of methoxy groups -OCH3 is 1. The zero-order chi connectivity index (χ0) is 23.2. The van der Waals surface area contributed by atoms with Crippen LogP contribution in [0.3, 0.4) is 0 Å². The van der Waals surface area contributed by atoms with Gasteiger partial charge in [0, 0.05) is 22.8 Å². The van der Waals surface area contributed by atoms with Gasteiger partial charge < -0.3 is 13.9 Å². The molecule has 5 nitrogen and oxygen atoms in total. The SMILES string of the molecule is C=C1CC(C#N)(C#N)C[C@]2(C)c3c(OCc4ccccc4)c(OC)c4occc4c3CC[C@@H]12. The van der Waals surface area contributed by atoms with E-state index in [1.54, 1.807) is 13.4 Å². The number of hydrogen-bond donors (Lipinski definition) is 0. The van der Waals surface area contributed by atoms with Gasteiger partial charge in [-0.05, 0) is 42.4 Å². The van der Waals surface area contributed by atoms with Gasteiger partial charge in [0.15, 0.2) is 11.3 Å². The highest BCUT2D eigenvalue weighted by molar-refractivity contribution is 5.92. The van der Waals surface area contributed by atoms with Crippen LogP contribution in [0.4, 0.5) is 0 Å². The van der Waals surface area contributed by atoms with Crippen LogP contribution in [0.5, 0.6) is 11.5 Å². The molecule has 1 fully saturated rings. The van der Waals surface area contributed by atoms with E-state index in [9.17, 15) is 10.5 Å². The summed E-state index contributed by atoms with van der Waals surface area (Å²) in [4.78, 5) is 0. The summed E-state index contributed by atoms with van der Waals surface area (Å²) in [6.07, 6.45) is 4.29. The number of benzene rings is 2. The van der Waals surface area contributed by atoms with Crippen LogP contribution in [-0.4, -0.2) is 7.11 Å². The van der Waals surface area contributed by atoms with Crippen molar-refractivity contribution in [1.29, 1.82) is 10.5 Å². The van der Waals surface area contributed by atoms with Crippen LogP contribution in [0.25, 0.3) is 11.0 Å². The van der Waals surface area contributed by atoms with Crippen LogP contribution >= 0.6 is 0 Å². The van der Waals surface area contributed by atoms with Crippen molar-refractivity contribution >= 4 is 11.0 Å². The normalized spacial score (nSPS) is 23.2. The zero-order valence-electron chi connectivity index (χ0n) is 19.0. The summed E-state index contributed by atoms with van der Waals surface area (Å²) in [7, 11) is 1.62. The molecule has 2 aliphatic rings. The van der Waals surface area contributed by atoms with E-state index in [2.05, 4.69) is 25.6 Å². The van der Waals surface area contributed by atoms with Crippen LogP contribution in [0.1, 0.15) is 42.9 Å². The molecule has 2 aromatic carbocycles. The van der Waals surface area contributed by atoms with Gasteiger partial charge in [0.1, 0.15) is 12.0 Å². The second-order valence-corrected chi connectivity index (χ2v) is 9.48. The van der Waals surface area contributed by atoms with Crippen LogP contribution in [0.15, 0.2) is 59.2 Å². The molecule has 1 heterocycles. The van der Waals surface area contributed by atoms with E-state index in [1.165, 1.54) is 0 Å². The number of furan rings is 1. The Morgan fingerprint density at radius 1 is 1.15 bits per heavy atom. The topological polar surface area (TPSA) is 79.2 Å². The van der Waals surface area contributed by atoms with Gasteiger partial charge in [-0.15, -0.1) is 0 Å². The Labute approximate surface area is 193 Å². The fourth-order valence-corrected chi connectivity index (χ4v) is 6.16. The zero-order valence-corrected chi connectivity index (χ0v) is 19.0. The number of nitriles is 2. The molecule has 0 N–H and O–H groups in total. The van der Waals surface area contributed by atoms with Crippen molar-refractivity contribution in [2.45, 2.75) is 44.6 Å². The highest BCUT2D eigenvalue weighted by Gasteiger charge is 2.55. The van der Waals surface area contributed by atoms with Gasteiger partial charge in [-0.3, -0.25) is 0 Å². The van der Waals surface area contributed by atoms with Crippen molar-refractivity contribution in [3.8, 4) is 23.6 Å². The summed E-state index contributed by atoms with van der Waals surface area (Å²) in [5.41, 5.74) is 3.27. The Bertz CT molecular complexity index is 1310. The van der Waals surface area contributed by atoms with Crippen molar-refractivity contribution in [3.05, 3.63) is 71.5 Å². The van der Waals surface area contributed by atoms with E-state index in [0.717, 1.165) is 40.5 Å². The Balaban J connectivity index is 1.75. The number of ether oxygens (including phenoxy) is 2. The molecule has 166 valence electrons. The Morgan fingerprint density at radius 2 is 1.91 bits per heavy atom. The highest BCUT2D eigenvalue weighted by atomic mass is 16.5. The minimum Gasteiger partial charge on any atom is -0.490 e. The number of allylic oxidation sites excluding steroid dienone is 1. The minimum atomic E-state index is -1.10. The second-order valence-electron chi connectivity index (χ2n) is 9.48. The van der Waals surface area contributed by atoms with Gasteiger partial charge in [-0.25, -0.2) is 0 Å². The van der Waals surface area contributed by atoms with E-state index in [1.807, 2.05) is 36.4 Å². The summed E-state index contributed by atoms with van der Waals surface area (Å²) in [6.45, 7) is 6.86. The summed E-state index contributed by atoms with van der Waals surface area (Å²) >= 11 is 0. The average molecular weight is 439 g/mol. The van der Waals surface area contributed by atoms with Crippen molar-refractivity contribution in [2.75, 3.05) is 7.11 Å². The molecular weight excluding hydrogens is 412 g/mol. The molecule has 0 aliphatic heterocycles. The first-order valence-corrected chi connectivity index (χ1v) is 11.2. The molecule has 3 aromatic rings. The summed E-state index contributed by atoms with van der Waals surface area (Å²) < 4.78 is 18.2. The van der Waals surface area contributed by atoms with Gasteiger partial charge in [0.25, 0.3) is 0 Å². The number of nitrogens with zero attached hydrogens (tertiary/aromatic N) is 2. The second kappa shape index (κ2) is 7.71. The molecule has 0 spiro atoms. The first kappa shape index (κ1) is 21.2. The van der Waals surface area contributed by atoms with Crippen LogP contribution in [0.2, 0.25) is 0 Å². The van der Waals surface area contributed by atoms with Gasteiger partial charge in [-0.2, -0.15) is 10.5 Å². The summed E-state index contributed by atoms with van der Waals surface area (Å²) in [6, 6.07) is 16.6. The first-order chi connectivity index (χ1) is 16.0. The summed E-state index contributed by atoms with van der Waals surface area (Å²) in [5.74, 6) is 1.36. The van der Waals surface area contributed by atoms with Crippen LogP contribution in [0, 0.1) is 34.0 Å². The number of fused-ring (bicyclic) bond motifs is 5. The number of hydrogen-bond acceptors (Lipinski definition) is 5. The van der Waals surface area contributed by atoms with E-state index < -0.39 is 10.8 Å². The Kier molecular flexibility index (Phi) is 4.94. The highest BCUT2D eigenvalue weighted by Crippen LogP contribution is 2.61. The standard InChI is InChI=1S/C28H26N2O3/c1-18-13-28(16-29,17-30)15-27(2)22(18)10-9-20-21-11-12-32-24(21)26(31-3)25(23(20)27)33-14-19-7-5-4-6-8-19/h4-8,11-12,22H,1,9-10,13-15H2,2-3H3/t22-,27-/m0/s1. The largest absolute Gasteiger partial charge is 0.490 e. The lowest BCUT2D eigenvalue weighted by Crippen LogP contribution is -2.47. The predicted molar refractivity (Wildman–Crippen MR) is 125 cm³/mol. The molecule has 1 saturated carbocycles. The molecule has 2 aliphatic carbocycles. The van der Waals surface area contributed by atoms with Crippen molar-refractivity contribution < 1.29 is 13.9 Å². The first-order valence-electron chi connectivity index (χ1n) is 11.2. The number of aryl methyl sites for hydroxylation is 1. The third kappa shape index (κ3) is 3.11. The van der Waals surface area contributed by atoms with Gasteiger partial charge >= 0.3 is 0 Å². The molecule has 0 unspecified atom stereocenters. The maximum absolute atomic E-state index is 9.99. The fourth-order valence-electron chi connectivity index (χ4n) is 6.16. The van der Waals surface area contributed by atoms with Crippen LogP contribution < -0.4 is 9.47 Å². The molecule has 0 amide bonds. The third-order valence-corrected chi connectivity index (χ3v) is 7.50. The molecule has 33 heavy (non-hydrogen) atoms. The summed E-state index contributed by atoms with van der Waals surface area (Å²) in [5, 5.41) is 21.0. The lowest BCUT2D eigenvalue weighted by molar-refractivity contribution is 0.168. The molecule has 0 radical (unpaired) electrons. The van der Waals surface area contributed by atoms with Crippen molar-refractivity contribution in [2.24, 2.45) is 11.3 Å². The van der Waals surface area contributed by atoms with Gasteiger partial charge in [0.2, 0.25) is 5.75 Å². The van der Waals surface area contributed by atoms with Crippen molar-refractivity contribution in [3.63, 3.8) is 0 Å². The van der Waals surface area contributed by atoms with Gasteiger partial charge in [-0.1, -0.05) is 49.4 Å². The lowest BCUT2D eigenvalue weighted by atomic mass is 9.51. The lowest BCUT2D eigenvalue weighted by Gasteiger charge is -2.51. The van der Waals surface area contributed by atoms with E-state index in [-0.39, 0.29) is 5.92 Å². The molecular formula is C28H26N2O3. The fraction of sp³-hybridized carbons (Fsp3) is 0.357. The molecule has 0 saturated heterocycles. The Morgan fingerprint density at radius 3 is 2.61 bits per heavy atom. The smallest absolute Gasteiger partial charge is 0.204 e. The van der Waals surface area contributed by atoms with E-state index in [4.69, 9.17) is 13.9 Å². The third-order valence-electron chi connectivity index (χ3n) is 7.50. The predicted octanol–water partition coefficient (Wildman–Crippen LogP) is 6.22. The number of rotatable bonds is 4. The molecule has 5 heteroatoms. The maximum atomic E-state index is 9.99. The van der Waals surface area contributed by atoms with Crippen molar-refractivity contribution in [1.82, 2.24) is 0 Å². The quantitative estimate of drug-likeness (QED) is 0.452. The molecule has 5 rings (SSSR count). The maximum Gasteiger partial charge on any atom is 0.204 e.